The van der Waals surface area contributed by atoms with Crippen molar-refractivity contribution in [2.45, 2.75) is 64.9 Å². The predicted molar refractivity (Wildman–Crippen MR) is 123 cm³/mol. The van der Waals surface area contributed by atoms with Gasteiger partial charge in [0.05, 0.1) is 17.9 Å². The van der Waals surface area contributed by atoms with E-state index in [4.69, 9.17) is 4.74 Å². The molecule has 168 valence electrons. The topological polar surface area (TPSA) is 72.6 Å². The van der Waals surface area contributed by atoms with Crippen LogP contribution >= 0.6 is 0 Å². The van der Waals surface area contributed by atoms with Gasteiger partial charge in [-0.1, -0.05) is 12.1 Å². The molecule has 3 aromatic rings. The molecule has 3 heterocycles. The standard InChI is InChI=1S/C25H31N5O2/c1-16-24(17(2)30-25(26-16)27-18(3)28-30)32-23-12-13-29(14-23)22-10-8-21(9-11-22)20-6-4-19(15-31)5-7-20/h8-11,15,19-20,23H,4-7,12-14H2,1-3H3/t19?,20?,23-/m1/s1. The van der Waals surface area contributed by atoms with Gasteiger partial charge in [-0.2, -0.15) is 9.50 Å². The zero-order valence-electron chi connectivity index (χ0n) is 19.1. The van der Waals surface area contributed by atoms with Gasteiger partial charge in [-0.25, -0.2) is 4.98 Å². The summed E-state index contributed by atoms with van der Waals surface area (Å²) in [6.45, 7) is 7.70. The molecule has 2 fully saturated rings. The van der Waals surface area contributed by atoms with Crippen LogP contribution in [-0.2, 0) is 4.79 Å². The summed E-state index contributed by atoms with van der Waals surface area (Å²) in [7, 11) is 0. The smallest absolute Gasteiger partial charge is 0.253 e. The summed E-state index contributed by atoms with van der Waals surface area (Å²) >= 11 is 0. The highest BCUT2D eigenvalue weighted by atomic mass is 16.5. The van der Waals surface area contributed by atoms with Crippen LogP contribution in [0.2, 0.25) is 0 Å². The van der Waals surface area contributed by atoms with Gasteiger partial charge in [0.2, 0.25) is 0 Å². The van der Waals surface area contributed by atoms with Gasteiger partial charge in [-0.15, -0.1) is 5.10 Å². The number of benzene rings is 1. The van der Waals surface area contributed by atoms with E-state index >= 15 is 0 Å². The van der Waals surface area contributed by atoms with Gasteiger partial charge in [0, 0.05) is 24.6 Å². The lowest BCUT2D eigenvalue weighted by atomic mass is 9.79. The highest BCUT2D eigenvalue weighted by molar-refractivity contribution is 5.54. The molecule has 2 aliphatic rings. The quantitative estimate of drug-likeness (QED) is 0.562. The molecule has 32 heavy (non-hydrogen) atoms. The van der Waals surface area contributed by atoms with Gasteiger partial charge in [0.1, 0.15) is 18.2 Å². The van der Waals surface area contributed by atoms with Crippen molar-refractivity contribution in [1.29, 1.82) is 0 Å². The molecule has 1 saturated carbocycles. The van der Waals surface area contributed by atoms with E-state index in [0.717, 1.165) is 68.6 Å². The molecule has 1 aliphatic heterocycles. The third kappa shape index (κ3) is 3.96. The molecule has 2 aromatic heterocycles. The van der Waals surface area contributed by atoms with Crippen LogP contribution in [0.1, 0.15) is 60.8 Å². The maximum absolute atomic E-state index is 11.0. The number of hydrogen-bond acceptors (Lipinski definition) is 6. The first-order valence-corrected chi connectivity index (χ1v) is 11.7. The minimum Gasteiger partial charge on any atom is -0.485 e. The molecule has 0 bridgehead atoms. The van der Waals surface area contributed by atoms with Gasteiger partial charge < -0.3 is 14.4 Å². The summed E-state index contributed by atoms with van der Waals surface area (Å²) in [5.74, 6) is 3.00. The Morgan fingerprint density at radius 2 is 1.75 bits per heavy atom. The zero-order chi connectivity index (χ0) is 22.2. The van der Waals surface area contributed by atoms with Crippen LogP contribution in [0.4, 0.5) is 5.69 Å². The average Bonchev–Trinajstić information content (AvgIpc) is 3.43. The minimum atomic E-state index is 0.120. The van der Waals surface area contributed by atoms with E-state index in [1.165, 1.54) is 11.3 Å². The SMILES string of the molecule is Cc1nc2nc(C)c(O[C@@H]3CCN(c4ccc(C5CCC(C=O)CC5)cc4)C3)c(C)n2n1. The lowest BCUT2D eigenvalue weighted by Gasteiger charge is -2.26. The number of hydrogen-bond donors (Lipinski definition) is 0. The molecule has 0 amide bonds. The zero-order valence-corrected chi connectivity index (χ0v) is 19.1. The second-order valence-corrected chi connectivity index (χ2v) is 9.30. The summed E-state index contributed by atoms with van der Waals surface area (Å²) in [6, 6.07) is 9.03. The van der Waals surface area contributed by atoms with Gasteiger partial charge in [0.25, 0.3) is 5.78 Å². The number of anilines is 1. The van der Waals surface area contributed by atoms with E-state index < -0.39 is 0 Å². The summed E-state index contributed by atoms with van der Waals surface area (Å²) in [4.78, 5) is 22.3. The number of aryl methyl sites for hydroxylation is 3. The second-order valence-electron chi connectivity index (χ2n) is 9.30. The number of fused-ring (bicyclic) bond motifs is 1. The van der Waals surface area contributed by atoms with Crippen molar-refractivity contribution in [3.8, 4) is 5.75 Å². The van der Waals surface area contributed by atoms with Crippen LogP contribution in [-0.4, -0.2) is 45.1 Å². The average molecular weight is 434 g/mol. The molecule has 0 spiro atoms. The normalized spacial score (nSPS) is 23.6. The fraction of sp³-hybridized carbons (Fsp3) is 0.520. The maximum atomic E-state index is 11.0. The largest absolute Gasteiger partial charge is 0.485 e. The molecular formula is C25H31N5O2. The number of ether oxygens (including phenoxy) is 1. The lowest BCUT2D eigenvalue weighted by molar-refractivity contribution is -0.111. The van der Waals surface area contributed by atoms with E-state index in [0.29, 0.717) is 17.5 Å². The molecule has 7 heteroatoms. The first-order chi connectivity index (χ1) is 15.5. The molecule has 1 saturated heterocycles. The van der Waals surface area contributed by atoms with Crippen LogP contribution in [0.15, 0.2) is 24.3 Å². The summed E-state index contributed by atoms with van der Waals surface area (Å²) in [5, 5.41) is 4.44. The van der Waals surface area contributed by atoms with Crippen molar-refractivity contribution in [1.82, 2.24) is 19.6 Å². The predicted octanol–water partition coefficient (Wildman–Crippen LogP) is 4.18. The third-order valence-corrected chi connectivity index (χ3v) is 7.06. The van der Waals surface area contributed by atoms with Crippen LogP contribution in [0.25, 0.3) is 5.78 Å². The van der Waals surface area contributed by atoms with E-state index in [1.807, 2.05) is 20.8 Å². The lowest BCUT2D eigenvalue weighted by Crippen LogP contribution is -2.25. The molecular weight excluding hydrogens is 402 g/mol. The Bertz CT molecular complexity index is 1120. The summed E-state index contributed by atoms with van der Waals surface area (Å²) in [5.41, 5.74) is 4.45. The van der Waals surface area contributed by atoms with E-state index in [-0.39, 0.29) is 12.0 Å². The van der Waals surface area contributed by atoms with Crippen molar-refractivity contribution >= 4 is 17.8 Å². The number of aromatic nitrogens is 4. The van der Waals surface area contributed by atoms with Crippen LogP contribution in [0, 0.1) is 26.7 Å². The second kappa shape index (κ2) is 8.52. The Morgan fingerprint density at radius 1 is 1.00 bits per heavy atom. The molecule has 1 aliphatic carbocycles. The van der Waals surface area contributed by atoms with Crippen LogP contribution < -0.4 is 9.64 Å². The minimum absolute atomic E-state index is 0.120. The molecule has 7 nitrogen and oxygen atoms in total. The van der Waals surface area contributed by atoms with E-state index in [1.54, 1.807) is 4.52 Å². The number of nitrogens with zero attached hydrogens (tertiary/aromatic N) is 5. The van der Waals surface area contributed by atoms with E-state index in [9.17, 15) is 4.79 Å². The Kier molecular flexibility index (Phi) is 5.57. The van der Waals surface area contributed by atoms with Gasteiger partial charge in [-0.3, -0.25) is 0 Å². The van der Waals surface area contributed by atoms with Gasteiger partial charge in [-0.05, 0) is 70.1 Å². The Labute approximate surface area is 188 Å². The number of carbonyl (C=O) groups excluding carboxylic acids is 1. The summed E-state index contributed by atoms with van der Waals surface area (Å²) in [6.07, 6.45) is 6.51. The maximum Gasteiger partial charge on any atom is 0.253 e. The number of rotatable bonds is 5. The van der Waals surface area contributed by atoms with Gasteiger partial charge >= 0.3 is 0 Å². The van der Waals surface area contributed by atoms with Gasteiger partial charge in [0.15, 0.2) is 5.75 Å². The Morgan fingerprint density at radius 3 is 2.47 bits per heavy atom. The molecule has 1 atom stereocenters. The monoisotopic (exact) mass is 433 g/mol. The first-order valence-electron chi connectivity index (χ1n) is 11.7. The fourth-order valence-electron chi connectivity index (χ4n) is 5.20. The highest BCUT2D eigenvalue weighted by Gasteiger charge is 2.27. The van der Waals surface area contributed by atoms with Crippen molar-refractivity contribution in [2.24, 2.45) is 5.92 Å². The summed E-state index contributed by atoms with van der Waals surface area (Å²) < 4.78 is 8.19. The van der Waals surface area contributed by atoms with E-state index in [2.05, 4.69) is 44.2 Å². The fourth-order valence-corrected chi connectivity index (χ4v) is 5.20. The molecule has 0 unspecified atom stereocenters. The van der Waals surface area contributed by atoms with Crippen molar-refractivity contribution in [2.75, 3.05) is 18.0 Å². The van der Waals surface area contributed by atoms with Crippen molar-refractivity contribution in [3.63, 3.8) is 0 Å². The Hall–Kier alpha value is -2.96. The molecule has 0 N–H and O–H groups in total. The molecule has 1 aromatic carbocycles. The molecule has 0 radical (unpaired) electrons. The van der Waals surface area contributed by atoms with Crippen molar-refractivity contribution in [3.05, 3.63) is 47.0 Å². The van der Waals surface area contributed by atoms with Crippen LogP contribution in [0.3, 0.4) is 0 Å². The van der Waals surface area contributed by atoms with Crippen LogP contribution in [0.5, 0.6) is 5.75 Å². The number of aldehydes is 1. The number of carbonyl (C=O) groups is 1. The first kappa shape index (κ1) is 20.9. The van der Waals surface area contributed by atoms with Crippen molar-refractivity contribution < 1.29 is 9.53 Å². The Balaban J connectivity index is 1.24. The molecule has 5 rings (SSSR count). The highest BCUT2D eigenvalue weighted by Crippen LogP contribution is 2.36. The third-order valence-electron chi connectivity index (χ3n) is 7.06.